The van der Waals surface area contributed by atoms with Crippen LogP contribution >= 0.6 is 0 Å². The van der Waals surface area contributed by atoms with Crippen molar-refractivity contribution >= 4 is 5.97 Å². The summed E-state index contributed by atoms with van der Waals surface area (Å²) in [6.07, 6.45) is -0.591. The predicted molar refractivity (Wildman–Crippen MR) is 62.1 cm³/mol. The number of hydrogen-bond donors (Lipinski definition) is 3. The number of aliphatic carboxylic acids is 1. The van der Waals surface area contributed by atoms with Crippen molar-refractivity contribution in [3.63, 3.8) is 0 Å². The van der Waals surface area contributed by atoms with Crippen molar-refractivity contribution in [2.24, 2.45) is 5.73 Å². The monoisotopic (exact) mass is 239 g/mol. The van der Waals surface area contributed by atoms with Gasteiger partial charge in [0.25, 0.3) is 0 Å². The lowest BCUT2D eigenvalue weighted by Crippen LogP contribution is -2.31. The number of carboxylic acids is 1. The molecule has 0 aromatic heterocycles. The van der Waals surface area contributed by atoms with E-state index in [2.05, 4.69) is 0 Å². The standard InChI is InChI=1S/C12H17NO4/c13-10(12(15)16)6-7-11(14)17-8-9-4-2-1-3-5-9/h1-5,10-11,14H,6-8,13H2,(H,15,16). The van der Waals surface area contributed by atoms with E-state index in [1.54, 1.807) is 0 Å². The van der Waals surface area contributed by atoms with Crippen molar-refractivity contribution in [3.05, 3.63) is 35.9 Å². The summed E-state index contributed by atoms with van der Waals surface area (Å²) in [6.45, 7) is 0.296. The van der Waals surface area contributed by atoms with Crippen molar-refractivity contribution < 1.29 is 19.7 Å². The highest BCUT2D eigenvalue weighted by molar-refractivity contribution is 5.72. The van der Waals surface area contributed by atoms with Gasteiger partial charge in [-0.25, -0.2) is 0 Å². The van der Waals surface area contributed by atoms with E-state index in [0.717, 1.165) is 5.56 Å². The van der Waals surface area contributed by atoms with Crippen molar-refractivity contribution in [1.29, 1.82) is 0 Å². The van der Waals surface area contributed by atoms with E-state index in [1.807, 2.05) is 30.3 Å². The van der Waals surface area contributed by atoms with E-state index < -0.39 is 18.3 Å². The van der Waals surface area contributed by atoms with Gasteiger partial charge in [0.15, 0.2) is 6.29 Å². The van der Waals surface area contributed by atoms with Crippen LogP contribution in [-0.2, 0) is 16.1 Å². The fourth-order valence-corrected chi connectivity index (χ4v) is 1.30. The van der Waals surface area contributed by atoms with Gasteiger partial charge in [-0.15, -0.1) is 0 Å². The fraction of sp³-hybridized carbons (Fsp3) is 0.417. The van der Waals surface area contributed by atoms with Crippen LogP contribution in [0.15, 0.2) is 30.3 Å². The minimum absolute atomic E-state index is 0.186. The lowest BCUT2D eigenvalue weighted by Gasteiger charge is -2.13. The Kier molecular flexibility index (Phi) is 5.62. The van der Waals surface area contributed by atoms with Gasteiger partial charge in [0, 0.05) is 6.42 Å². The second kappa shape index (κ2) is 7.01. The maximum atomic E-state index is 10.4. The summed E-state index contributed by atoms with van der Waals surface area (Å²) in [5.41, 5.74) is 6.26. The van der Waals surface area contributed by atoms with E-state index in [-0.39, 0.29) is 12.8 Å². The Morgan fingerprint density at radius 2 is 1.94 bits per heavy atom. The molecular weight excluding hydrogens is 222 g/mol. The number of aliphatic hydroxyl groups is 1. The Labute approximate surface area is 99.8 Å². The normalized spacial score (nSPS) is 14.2. The van der Waals surface area contributed by atoms with Gasteiger partial charge in [0.2, 0.25) is 0 Å². The van der Waals surface area contributed by atoms with Crippen molar-refractivity contribution in [3.8, 4) is 0 Å². The molecule has 0 radical (unpaired) electrons. The molecule has 4 N–H and O–H groups in total. The zero-order valence-electron chi connectivity index (χ0n) is 9.45. The Morgan fingerprint density at radius 1 is 1.29 bits per heavy atom. The lowest BCUT2D eigenvalue weighted by molar-refractivity contribution is -0.140. The number of benzene rings is 1. The van der Waals surface area contributed by atoms with Crippen LogP contribution < -0.4 is 5.73 Å². The van der Waals surface area contributed by atoms with Crippen LogP contribution in [-0.4, -0.2) is 28.5 Å². The average molecular weight is 239 g/mol. The average Bonchev–Trinajstić information content (AvgIpc) is 2.34. The van der Waals surface area contributed by atoms with Crippen LogP contribution in [0.25, 0.3) is 0 Å². The molecule has 94 valence electrons. The molecule has 0 spiro atoms. The van der Waals surface area contributed by atoms with Crippen LogP contribution in [0.3, 0.4) is 0 Å². The van der Waals surface area contributed by atoms with Gasteiger partial charge >= 0.3 is 5.97 Å². The Bertz CT molecular complexity index is 342. The molecular formula is C12H17NO4. The highest BCUT2D eigenvalue weighted by atomic mass is 16.6. The summed E-state index contributed by atoms with van der Waals surface area (Å²) in [7, 11) is 0. The van der Waals surface area contributed by atoms with Gasteiger partial charge in [-0.05, 0) is 12.0 Å². The number of carbonyl (C=O) groups is 1. The molecule has 0 saturated heterocycles. The Balaban J connectivity index is 2.22. The summed E-state index contributed by atoms with van der Waals surface area (Å²) in [6, 6.07) is 8.47. The minimum Gasteiger partial charge on any atom is -0.480 e. The molecule has 1 rings (SSSR count). The molecule has 0 saturated carbocycles. The van der Waals surface area contributed by atoms with E-state index in [4.69, 9.17) is 15.6 Å². The molecule has 5 heteroatoms. The molecule has 0 amide bonds. The van der Waals surface area contributed by atoms with Gasteiger partial charge < -0.3 is 20.7 Å². The lowest BCUT2D eigenvalue weighted by atomic mass is 10.1. The molecule has 0 aliphatic rings. The Morgan fingerprint density at radius 3 is 2.53 bits per heavy atom. The van der Waals surface area contributed by atoms with Crippen molar-refractivity contribution in [2.45, 2.75) is 31.8 Å². The number of hydrogen-bond acceptors (Lipinski definition) is 4. The summed E-state index contributed by atoms with van der Waals surface area (Å²) in [5, 5.41) is 18.0. The zero-order chi connectivity index (χ0) is 12.7. The van der Waals surface area contributed by atoms with Gasteiger partial charge in [-0.1, -0.05) is 30.3 Å². The van der Waals surface area contributed by atoms with Crippen LogP contribution in [0.5, 0.6) is 0 Å². The summed E-state index contributed by atoms with van der Waals surface area (Å²) in [5.74, 6) is -1.07. The summed E-state index contributed by atoms with van der Waals surface area (Å²) >= 11 is 0. The predicted octanol–water partition coefficient (Wildman–Crippen LogP) is 0.714. The van der Waals surface area contributed by atoms with E-state index in [9.17, 15) is 9.90 Å². The Hall–Kier alpha value is -1.43. The number of rotatable bonds is 7. The van der Waals surface area contributed by atoms with Crippen LogP contribution in [0.4, 0.5) is 0 Å². The topological polar surface area (TPSA) is 92.8 Å². The first-order valence-corrected chi connectivity index (χ1v) is 5.41. The maximum Gasteiger partial charge on any atom is 0.320 e. The molecule has 17 heavy (non-hydrogen) atoms. The van der Waals surface area contributed by atoms with Gasteiger partial charge in [0.1, 0.15) is 6.04 Å². The molecule has 0 fully saturated rings. The van der Waals surface area contributed by atoms with Crippen molar-refractivity contribution in [2.75, 3.05) is 0 Å². The highest BCUT2D eigenvalue weighted by Crippen LogP contribution is 2.06. The number of aliphatic hydroxyl groups excluding tert-OH is 1. The molecule has 2 atom stereocenters. The zero-order valence-corrected chi connectivity index (χ0v) is 9.45. The maximum absolute atomic E-state index is 10.4. The minimum atomic E-state index is -1.07. The summed E-state index contributed by atoms with van der Waals surface area (Å²) in [4.78, 5) is 10.4. The van der Waals surface area contributed by atoms with E-state index >= 15 is 0 Å². The summed E-state index contributed by atoms with van der Waals surface area (Å²) < 4.78 is 5.17. The van der Waals surface area contributed by atoms with E-state index in [0.29, 0.717) is 6.61 Å². The van der Waals surface area contributed by atoms with E-state index in [1.165, 1.54) is 0 Å². The smallest absolute Gasteiger partial charge is 0.320 e. The number of ether oxygens (including phenoxy) is 1. The molecule has 0 heterocycles. The number of nitrogens with two attached hydrogens (primary N) is 1. The molecule has 2 unspecified atom stereocenters. The fourth-order valence-electron chi connectivity index (χ4n) is 1.30. The highest BCUT2D eigenvalue weighted by Gasteiger charge is 2.14. The first-order chi connectivity index (χ1) is 8.09. The SMILES string of the molecule is NC(CCC(O)OCc1ccccc1)C(=O)O. The number of carboxylic acid groups (broad SMARTS) is 1. The van der Waals surface area contributed by atoms with Crippen molar-refractivity contribution in [1.82, 2.24) is 0 Å². The van der Waals surface area contributed by atoms with Crippen LogP contribution in [0.1, 0.15) is 18.4 Å². The molecule has 1 aromatic rings. The van der Waals surface area contributed by atoms with Crippen LogP contribution in [0.2, 0.25) is 0 Å². The third-order valence-electron chi connectivity index (χ3n) is 2.33. The molecule has 0 aliphatic carbocycles. The largest absolute Gasteiger partial charge is 0.480 e. The quantitative estimate of drug-likeness (QED) is 0.609. The van der Waals surface area contributed by atoms with Gasteiger partial charge in [-0.3, -0.25) is 4.79 Å². The van der Waals surface area contributed by atoms with Gasteiger partial charge in [-0.2, -0.15) is 0 Å². The third kappa shape index (κ3) is 5.44. The second-order valence-electron chi connectivity index (χ2n) is 3.77. The van der Waals surface area contributed by atoms with Gasteiger partial charge in [0.05, 0.1) is 6.61 Å². The molecule has 5 nitrogen and oxygen atoms in total. The first kappa shape index (κ1) is 13.6. The van der Waals surface area contributed by atoms with Crippen LogP contribution in [0, 0.1) is 0 Å². The third-order valence-corrected chi connectivity index (χ3v) is 2.33. The molecule has 1 aromatic carbocycles. The second-order valence-corrected chi connectivity index (χ2v) is 3.77. The molecule has 0 bridgehead atoms. The molecule has 0 aliphatic heterocycles. The first-order valence-electron chi connectivity index (χ1n) is 5.41.